The Morgan fingerprint density at radius 2 is 2.06 bits per heavy atom. The van der Waals surface area contributed by atoms with E-state index in [0.29, 0.717) is 12.0 Å². The monoisotopic (exact) mass is 386 g/mol. The van der Waals surface area contributed by atoms with Crippen LogP contribution in [0.2, 0.25) is 0 Å². The molecule has 17 heavy (non-hydrogen) atoms. The van der Waals surface area contributed by atoms with Crippen molar-refractivity contribution in [3.05, 3.63) is 6.92 Å². The zero-order valence-corrected chi connectivity index (χ0v) is 16.5. The first-order valence-corrected chi connectivity index (χ1v) is 5.67. The van der Waals surface area contributed by atoms with E-state index < -0.39 is 0 Å². The fraction of sp³-hybridized carbons (Fsp3) is 0.750. The van der Waals surface area contributed by atoms with Gasteiger partial charge >= 0.3 is 0 Å². The van der Waals surface area contributed by atoms with Crippen molar-refractivity contribution >= 4 is 12.1 Å². The molecule has 0 aromatic rings. The number of likely N-dealkylation sites (tertiary alicyclic amines) is 1. The van der Waals surface area contributed by atoms with E-state index in [1.165, 1.54) is 12.1 Å². The second kappa shape index (κ2) is 11.2. The molecule has 2 fully saturated rings. The van der Waals surface area contributed by atoms with Crippen LogP contribution in [0.1, 0.15) is 32.6 Å². The molecule has 1 amide bonds. The average Bonchev–Trinajstić information content (AvgIpc) is 2.78. The Morgan fingerprint density at radius 3 is 2.53 bits per heavy atom. The number of hydrogen-bond donors (Lipinski definition) is 0. The zero-order valence-electron chi connectivity index (χ0n) is 10.9. The van der Waals surface area contributed by atoms with Gasteiger partial charge in [-0.1, -0.05) is 6.92 Å². The third-order valence-electron chi connectivity index (χ3n) is 3.04. The maximum atomic E-state index is 10.6. The quantitative estimate of drug-likeness (QED) is 0.634. The molecule has 0 aromatic heterocycles. The van der Waals surface area contributed by atoms with Gasteiger partial charge in [0.1, 0.15) is 0 Å². The van der Waals surface area contributed by atoms with Gasteiger partial charge in [-0.25, -0.2) is 0 Å². The van der Waals surface area contributed by atoms with Crippen molar-refractivity contribution in [3.63, 3.8) is 0 Å². The predicted octanol–water partition coefficient (Wildman–Crippen LogP) is 1.83. The summed E-state index contributed by atoms with van der Waals surface area (Å²) in [5, 5.41) is 0. The van der Waals surface area contributed by atoms with E-state index in [4.69, 9.17) is 0 Å². The fourth-order valence-corrected chi connectivity index (χ4v) is 2.44. The van der Waals surface area contributed by atoms with Crippen LogP contribution in [0, 0.1) is 12.8 Å². The first-order chi connectivity index (χ1) is 7.28. The molecule has 1 aliphatic heterocycles. The van der Waals surface area contributed by atoms with Crippen molar-refractivity contribution in [1.29, 1.82) is 0 Å². The minimum Gasteiger partial charge on any atom is -0.520 e. The van der Waals surface area contributed by atoms with E-state index in [2.05, 4.69) is 11.9 Å². The SMILES string of the molecule is CN=C1CCC2CCN([C-]=O)C12.[CH2-]CC.[Y].[Y]. The van der Waals surface area contributed by atoms with Crippen molar-refractivity contribution in [2.24, 2.45) is 10.9 Å². The molecular formula is C12H20N2OY2-2. The third kappa shape index (κ3) is 5.46. The van der Waals surface area contributed by atoms with Gasteiger partial charge in [-0.2, -0.15) is 12.8 Å². The Labute approximate surface area is 155 Å². The van der Waals surface area contributed by atoms with E-state index >= 15 is 0 Å². The Bertz CT molecular complexity index is 247. The second-order valence-corrected chi connectivity index (χ2v) is 4.03. The number of nitrogens with zero attached hydrogens (tertiary/aromatic N) is 2. The van der Waals surface area contributed by atoms with Crippen LogP contribution in [0.4, 0.5) is 0 Å². The van der Waals surface area contributed by atoms with Crippen LogP contribution in [-0.2, 0) is 70.2 Å². The Morgan fingerprint density at radius 1 is 1.47 bits per heavy atom. The topological polar surface area (TPSA) is 32.7 Å². The summed E-state index contributed by atoms with van der Waals surface area (Å²) >= 11 is 0. The van der Waals surface area contributed by atoms with E-state index in [1.807, 2.05) is 20.4 Å². The molecule has 92 valence electrons. The van der Waals surface area contributed by atoms with Crippen LogP contribution in [0.3, 0.4) is 0 Å². The summed E-state index contributed by atoms with van der Waals surface area (Å²) in [7, 11) is 1.82. The van der Waals surface area contributed by atoms with Crippen molar-refractivity contribution < 1.29 is 70.2 Å². The third-order valence-corrected chi connectivity index (χ3v) is 3.04. The summed E-state index contributed by atoms with van der Waals surface area (Å²) in [4.78, 5) is 16.6. The summed E-state index contributed by atoms with van der Waals surface area (Å²) in [6.45, 7) is 6.37. The van der Waals surface area contributed by atoms with Crippen LogP contribution >= 0.6 is 0 Å². The van der Waals surface area contributed by atoms with Gasteiger partial charge in [0.2, 0.25) is 0 Å². The van der Waals surface area contributed by atoms with Gasteiger partial charge in [0.15, 0.2) is 0 Å². The van der Waals surface area contributed by atoms with Gasteiger partial charge in [0.05, 0.1) is 0 Å². The Hall–Kier alpha value is 1.35. The van der Waals surface area contributed by atoms with Crippen LogP contribution in [-0.4, -0.2) is 36.7 Å². The van der Waals surface area contributed by atoms with E-state index in [9.17, 15) is 4.79 Å². The standard InChI is InChI=1S/C9H13N2O.C3H7.2Y/c1-10-8-3-2-7-4-5-11(6-12)9(7)8;1-3-2;;/h7,9H,2-5H2,1H3;1,3H2,2H3;;/q2*-1;;. The molecule has 0 bridgehead atoms. The average molecular weight is 386 g/mol. The van der Waals surface area contributed by atoms with E-state index in [0.717, 1.165) is 25.8 Å². The van der Waals surface area contributed by atoms with E-state index in [-0.39, 0.29) is 65.4 Å². The number of amides is 1. The molecule has 2 rings (SSSR count). The van der Waals surface area contributed by atoms with Gasteiger partial charge < -0.3 is 16.6 Å². The van der Waals surface area contributed by atoms with Crippen LogP contribution in [0.5, 0.6) is 0 Å². The summed E-state index contributed by atoms with van der Waals surface area (Å²) in [6, 6.07) is 0.299. The minimum atomic E-state index is 0. The predicted molar refractivity (Wildman–Crippen MR) is 62.5 cm³/mol. The van der Waals surface area contributed by atoms with Gasteiger partial charge in [-0.05, 0) is 31.7 Å². The summed E-state index contributed by atoms with van der Waals surface area (Å²) in [5.41, 5.74) is 1.20. The number of carbonyl (C=O) groups excluding carboxylic acids is 1. The zero-order chi connectivity index (χ0) is 11.3. The van der Waals surface area contributed by atoms with Crippen molar-refractivity contribution in [2.75, 3.05) is 13.6 Å². The molecule has 2 aliphatic rings. The molecule has 2 atom stereocenters. The van der Waals surface area contributed by atoms with Crippen molar-refractivity contribution in [2.45, 2.75) is 38.6 Å². The molecule has 0 N–H and O–H groups in total. The van der Waals surface area contributed by atoms with Gasteiger partial charge in [0.25, 0.3) is 0 Å². The fourth-order valence-electron chi connectivity index (χ4n) is 2.44. The molecule has 2 unspecified atom stereocenters. The smallest absolute Gasteiger partial charge is 0.0416 e. The molecule has 1 heterocycles. The first-order valence-electron chi connectivity index (χ1n) is 5.67. The molecule has 0 aromatic carbocycles. The molecule has 1 saturated heterocycles. The Balaban J connectivity index is 0. The second-order valence-electron chi connectivity index (χ2n) is 4.03. The maximum absolute atomic E-state index is 10.6. The van der Waals surface area contributed by atoms with Crippen LogP contribution in [0.25, 0.3) is 0 Å². The summed E-state index contributed by atoms with van der Waals surface area (Å²) in [5.74, 6) is 0.671. The minimum absolute atomic E-state index is 0. The first kappa shape index (κ1) is 20.7. The van der Waals surface area contributed by atoms with Crippen molar-refractivity contribution in [3.8, 4) is 0 Å². The number of hydrogen-bond acceptors (Lipinski definition) is 2. The summed E-state index contributed by atoms with van der Waals surface area (Å²) < 4.78 is 0. The number of rotatable bonds is 1. The van der Waals surface area contributed by atoms with Crippen LogP contribution in [0.15, 0.2) is 4.99 Å². The van der Waals surface area contributed by atoms with Gasteiger partial charge in [-0.3, -0.25) is 4.99 Å². The molecule has 1 aliphatic carbocycles. The largest absolute Gasteiger partial charge is 0.520 e. The Kier molecular flexibility index (Phi) is 13.6. The summed E-state index contributed by atoms with van der Waals surface area (Å²) in [6.07, 6.45) is 6.42. The number of fused-ring (bicyclic) bond motifs is 1. The number of aliphatic imine (C=N–C) groups is 1. The molecule has 0 spiro atoms. The maximum Gasteiger partial charge on any atom is 0.0416 e. The van der Waals surface area contributed by atoms with E-state index in [1.54, 1.807) is 4.90 Å². The molecule has 5 heteroatoms. The van der Waals surface area contributed by atoms with Crippen molar-refractivity contribution in [1.82, 2.24) is 4.90 Å². The molecule has 1 saturated carbocycles. The van der Waals surface area contributed by atoms with Gasteiger partial charge in [0, 0.05) is 84.2 Å². The normalized spacial score (nSPS) is 27.5. The molecular weight excluding hydrogens is 366 g/mol. The van der Waals surface area contributed by atoms with Crippen LogP contribution < -0.4 is 0 Å². The van der Waals surface area contributed by atoms with Gasteiger partial charge in [-0.15, -0.1) is 0 Å². The molecule has 2 radical (unpaired) electrons. The molecule has 3 nitrogen and oxygen atoms in total.